The summed E-state index contributed by atoms with van der Waals surface area (Å²) in [6, 6.07) is 0. The van der Waals surface area contributed by atoms with E-state index in [0.29, 0.717) is 6.42 Å². The van der Waals surface area contributed by atoms with E-state index in [-0.39, 0.29) is 11.8 Å². The predicted molar refractivity (Wildman–Crippen MR) is 76.6 cm³/mol. The molecule has 1 fully saturated rings. The fourth-order valence-electron chi connectivity index (χ4n) is 2.78. The van der Waals surface area contributed by atoms with Gasteiger partial charge < -0.3 is 4.90 Å². The molecule has 0 aliphatic carbocycles. The van der Waals surface area contributed by atoms with Gasteiger partial charge in [0.25, 0.3) is 0 Å². The third-order valence-electron chi connectivity index (χ3n) is 3.94. The Labute approximate surface area is 123 Å². The van der Waals surface area contributed by atoms with Crippen molar-refractivity contribution in [2.24, 2.45) is 0 Å². The molecule has 1 unspecified atom stereocenters. The number of H-pyrrole nitrogens is 2. The summed E-state index contributed by atoms with van der Waals surface area (Å²) in [6.07, 6.45) is 6.92. The van der Waals surface area contributed by atoms with Gasteiger partial charge in [0.1, 0.15) is 5.82 Å². The molecule has 1 amide bonds. The highest BCUT2D eigenvalue weighted by atomic mass is 16.2. The first kappa shape index (κ1) is 13.8. The van der Waals surface area contributed by atoms with Crippen LogP contribution in [0.1, 0.15) is 42.4 Å². The highest BCUT2D eigenvalue weighted by Gasteiger charge is 2.26. The van der Waals surface area contributed by atoms with E-state index >= 15 is 0 Å². The molecule has 21 heavy (non-hydrogen) atoms. The molecule has 0 spiro atoms. The summed E-state index contributed by atoms with van der Waals surface area (Å²) in [5.41, 5.74) is 1.07. The molecular weight excluding hydrogens is 268 g/mol. The summed E-state index contributed by atoms with van der Waals surface area (Å²) in [4.78, 5) is 18.7. The predicted octanol–water partition coefficient (Wildman–Crippen LogP) is 1.18. The Morgan fingerprint density at radius 3 is 3.14 bits per heavy atom. The summed E-state index contributed by atoms with van der Waals surface area (Å²) in [6.45, 7) is 3.46. The van der Waals surface area contributed by atoms with Gasteiger partial charge in [0.05, 0.1) is 6.20 Å². The van der Waals surface area contributed by atoms with E-state index in [1.165, 1.54) is 0 Å². The molecule has 2 aromatic rings. The van der Waals surface area contributed by atoms with Crippen LogP contribution in [-0.4, -0.2) is 49.3 Å². The molecule has 0 aromatic carbocycles. The van der Waals surface area contributed by atoms with Crippen molar-refractivity contribution in [2.45, 2.75) is 38.5 Å². The molecule has 7 heteroatoms. The van der Waals surface area contributed by atoms with E-state index in [4.69, 9.17) is 0 Å². The number of aromatic nitrogens is 5. The van der Waals surface area contributed by atoms with Gasteiger partial charge in [-0.25, -0.2) is 4.98 Å². The van der Waals surface area contributed by atoms with Crippen molar-refractivity contribution in [1.29, 1.82) is 0 Å². The lowest BCUT2D eigenvalue weighted by molar-refractivity contribution is -0.132. The Bertz CT molecular complexity index is 590. The third kappa shape index (κ3) is 3.29. The van der Waals surface area contributed by atoms with E-state index in [9.17, 15) is 4.79 Å². The number of nitrogens with zero attached hydrogens (tertiary/aromatic N) is 4. The van der Waals surface area contributed by atoms with E-state index in [2.05, 4.69) is 25.4 Å². The Hall–Kier alpha value is -2.18. The molecule has 1 atom stereocenters. The molecule has 2 N–H and O–H groups in total. The number of nitrogens with one attached hydrogen (secondary N) is 2. The first-order chi connectivity index (χ1) is 10.2. The molecule has 2 aromatic heterocycles. The fraction of sp³-hybridized carbons (Fsp3) is 0.571. The first-order valence-corrected chi connectivity index (χ1v) is 7.36. The number of carbonyl (C=O) groups excluding carboxylic acids is 1. The first-order valence-electron chi connectivity index (χ1n) is 7.36. The number of amides is 1. The van der Waals surface area contributed by atoms with Gasteiger partial charge in [-0.1, -0.05) is 0 Å². The lowest BCUT2D eigenvalue weighted by Crippen LogP contribution is -2.39. The molecule has 7 nitrogen and oxygen atoms in total. The van der Waals surface area contributed by atoms with E-state index in [1.54, 1.807) is 6.20 Å². The van der Waals surface area contributed by atoms with Crippen molar-refractivity contribution in [3.05, 3.63) is 29.6 Å². The number of rotatable bonds is 4. The lowest BCUT2D eigenvalue weighted by atomic mass is 9.97. The molecular formula is C14H20N6O. The Morgan fingerprint density at radius 2 is 2.43 bits per heavy atom. The van der Waals surface area contributed by atoms with Gasteiger partial charge in [-0.2, -0.15) is 10.2 Å². The minimum absolute atomic E-state index is 0.202. The van der Waals surface area contributed by atoms with Crippen molar-refractivity contribution in [3.63, 3.8) is 0 Å². The Kier molecular flexibility index (Phi) is 3.98. The molecule has 1 aliphatic heterocycles. The van der Waals surface area contributed by atoms with Gasteiger partial charge in [0, 0.05) is 31.6 Å². The van der Waals surface area contributed by atoms with Crippen molar-refractivity contribution >= 4 is 5.91 Å². The van der Waals surface area contributed by atoms with Gasteiger partial charge >= 0.3 is 0 Å². The highest BCUT2D eigenvalue weighted by Crippen LogP contribution is 2.24. The standard InChI is InChI=1S/C14H20N6O/c1-10-17-14(19-18-10)12-3-2-6-20(9-12)13(21)5-4-11-7-15-16-8-11/h7-8,12H,2-6,9H2,1H3,(H,15,16)(H,17,18,19). The van der Waals surface area contributed by atoms with Crippen molar-refractivity contribution in [2.75, 3.05) is 13.1 Å². The molecule has 3 rings (SSSR count). The number of aryl methyl sites for hydroxylation is 2. The quantitative estimate of drug-likeness (QED) is 0.883. The zero-order valence-electron chi connectivity index (χ0n) is 12.2. The molecule has 0 radical (unpaired) electrons. The fourth-order valence-corrected chi connectivity index (χ4v) is 2.78. The summed E-state index contributed by atoms with van der Waals surface area (Å²) < 4.78 is 0. The van der Waals surface area contributed by atoms with Gasteiger partial charge in [0.2, 0.25) is 5.91 Å². The van der Waals surface area contributed by atoms with Crippen LogP contribution in [0.15, 0.2) is 12.4 Å². The number of carbonyl (C=O) groups is 1. The van der Waals surface area contributed by atoms with Crippen LogP contribution in [0.25, 0.3) is 0 Å². The highest BCUT2D eigenvalue weighted by molar-refractivity contribution is 5.76. The summed E-state index contributed by atoms with van der Waals surface area (Å²) in [5, 5.41) is 13.8. The van der Waals surface area contributed by atoms with E-state index in [1.807, 2.05) is 18.0 Å². The van der Waals surface area contributed by atoms with Crippen molar-refractivity contribution < 1.29 is 4.79 Å². The van der Waals surface area contributed by atoms with Crippen LogP contribution in [-0.2, 0) is 11.2 Å². The average molecular weight is 288 g/mol. The van der Waals surface area contributed by atoms with Gasteiger partial charge in [-0.3, -0.25) is 15.0 Å². The second-order valence-electron chi connectivity index (χ2n) is 5.56. The van der Waals surface area contributed by atoms with Gasteiger partial charge in [0.15, 0.2) is 5.82 Å². The van der Waals surface area contributed by atoms with Crippen LogP contribution in [0.2, 0.25) is 0 Å². The van der Waals surface area contributed by atoms with E-state index < -0.39 is 0 Å². The van der Waals surface area contributed by atoms with Crippen LogP contribution in [0, 0.1) is 6.92 Å². The number of aromatic amines is 2. The largest absolute Gasteiger partial charge is 0.342 e. The molecule has 1 aliphatic rings. The maximum absolute atomic E-state index is 12.3. The molecule has 112 valence electrons. The number of likely N-dealkylation sites (tertiary alicyclic amines) is 1. The SMILES string of the molecule is Cc1nc(C2CCCN(C(=O)CCc3cn[nH]c3)C2)n[nH]1. The lowest BCUT2D eigenvalue weighted by Gasteiger charge is -2.31. The Balaban J connectivity index is 1.56. The molecule has 3 heterocycles. The normalized spacial score (nSPS) is 18.9. The summed E-state index contributed by atoms with van der Waals surface area (Å²) in [5.74, 6) is 2.11. The number of hydrogen-bond donors (Lipinski definition) is 2. The zero-order valence-corrected chi connectivity index (χ0v) is 12.2. The smallest absolute Gasteiger partial charge is 0.222 e. The van der Waals surface area contributed by atoms with Crippen LogP contribution in [0.5, 0.6) is 0 Å². The topological polar surface area (TPSA) is 90.6 Å². The molecule has 0 bridgehead atoms. The van der Waals surface area contributed by atoms with Crippen molar-refractivity contribution in [3.8, 4) is 0 Å². The van der Waals surface area contributed by atoms with Gasteiger partial charge in [-0.15, -0.1) is 0 Å². The molecule has 0 saturated carbocycles. The second kappa shape index (κ2) is 6.07. The van der Waals surface area contributed by atoms with Crippen LogP contribution < -0.4 is 0 Å². The second-order valence-corrected chi connectivity index (χ2v) is 5.56. The molecule has 1 saturated heterocycles. The summed E-state index contributed by atoms with van der Waals surface area (Å²) in [7, 11) is 0. The van der Waals surface area contributed by atoms with Gasteiger partial charge in [-0.05, 0) is 31.7 Å². The number of hydrogen-bond acceptors (Lipinski definition) is 4. The monoisotopic (exact) mass is 288 g/mol. The third-order valence-corrected chi connectivity index (χ3v) is 3.94. The maximum Gasteiger partial charge on any atom is 0.222 e. The number of piperidine rings is 1. The minimum atomic E-state index is 0.202. The maximum atomic E-state index is 12.3. The summed E-state index contributed by atoms with van der Waals surface area (Å²) >= 11 is 0. The van der Waals surface area contributed by atoms with Crippen LogP contribution in [0.4, 0.5) is 0 Å². The van der Waals surface area contributed by atoms with Crippen molar-refractivity contribution in [1.82, 2.24) is 30.3 Å². The Morgan fingerprint density at radius 1 is 1.52 bits per heavy atom. The average Bonchev–Trinajstić information content (AvgIpc) is 3.16. The van der Waals surface area contributed by atoms with E-state index in [0.717, 1.165) is 49.6 Å². The van der Waals surface area contributed by atoms with Crippen LogP contribution >= 0.6 is 0 Å². The van der Waals surface area contributed by atoms with Crippen LogP contribution in [0.3, 0.4) is 0 Å². The minimum Gasteiger partial charge on any atom is -0.342 e. The zero-order chi connectivity index (χ0) is 14.7.